The summed E-state index contributed by atoms with van der Waals surface area (Å²) < 4.78 is 10.4. The van der Waals surface area contributed by atoms with Gasteiger partial charge in [-0.05, 0) is 27.2 Å². The molecule has 37 heavy (non-hydrogen) atoms. The van der Waals surface area contributed by atoms with E-state index in [4.69, 9.17) is 20.0 Å². The van der Waals surface area contributed by atoms with Gasteiger partial charge in [0.1, 0.15) is 29.6 Å². The van der Waals surface area contributed by atoms with Gasteiger partial charge in [-0.15, -0.1) is 23.1 Å². The van der Waals surface area contributed by atoms with Gasteiger partial charge in [-0.3, -0.25) is 19.2 Å². The van der Waals surface area contributed by atoms with E-state index in [1.54, 1.807) is 32.2 Å². The van der Waals surface area contributed by atoms with Gasteiger partial charge in [0.2, 0.25) is 12.7 Å². The van der Waals surface area contributed by atoms with Crippen LogP contribution in [0.15, 0.2) is 22.7 Å². The van der Waals surface area contributed by atoms with E-state index in [2.05, 4.69) is 15.5 Å². The summed E-state index contributed by atoms with van der Waals surface area (Å²) in [5.74, 6) is -1.77. The number of rotatable bonds is 9. The fraction of sp³-hybridized carbons (Fsp3) is 0.565. The molecule has 2 unspecified atom stereocenters. The second-order valence-electron chi connectivity index (χ2n) is 9.51. The van der Waals surface area contributed by atoms with Crippen LogP contribution in [0, 0.1) is 10.8 Å². The number of carbonyl (C=O) groups excluding carboxylic acids is 4. The average Bonchev–Trinajstić information content (AvgIpc) is 3.29. The number of nitrogens with one attached hydrogen (secondary N) is 1. The van der Waals surface area contributed by atoms with Crippen molar-refractivity contribution in [1.82, 2.24) is 15.2 Å². The van der Waals surface area contributed by atoms with Crippen LogP contribution < -0.4 is 11.1 Å². The molecule has 0 aliphatic carbocycles. The molecule has 3 rings (SSSR count). The van der Waals surface area contributed by atoms with E-state index in [1.165, 1.54) is 23.8 Å². The Bertz CT molecular complexity index is 1110. The summed E-state index contributed by atoms with van der Waals surface area (Å²) in [5, 5.41) is 7.88. The molecule has 0 bridgehead atoms. The van der Waals surface area contributed by atoms with E-state index in [-0.39, 0.29) is 34.4 Å². The van der Waals surface area contributed by atoms with Crippen LogP contribution in [0.3, 0.4) is 0 Å². The summed E-state index contributed by atoms with van der Waals surface area (Å²) in [6.07, 6.45) is 4.25. The number of nitrogen functional groups attached to an aromatic ring is 1. The zero-order chi connectivity index (χ0) is 27.4. The van der Waals surface area contributed by atoms with Crippen molar-refractivity contribution in [1.29, 1.82) is 0 Å². The zero-order valence-corrected chi connectivity index (χ0v) is 22.9. The Labute approximate surface area is 222 Å². The largest absolute Gasteiger partial charge is 0.427 e. The molecule has 0 spiro atoms. The van der Waals surface area contributed by atoms with Gasteiger partial charge >= 0.3 is 11.9 Å². The summed E-state index contributed by atoms with van der Waals surface area (Å²) >= 11 is 2.49. The minimum Gasteiger partial charge on any atom is -0.427 e. The summed E-state index contributed by atoms with van der Waals surface area (Å²) in [7, 11) is 1.29. The summed E-state index contributed by atoms with van der Waals surface area (Å²) in [6.45, 7) is 6.57. The number of hydrogen-bond donors (Lipinski definition) is 2. The molecule has 0 radical (unpaired) electrons. The Balaban J connectivity index is 1.67. The molecule has 2 amide bonds. The van der Waals surface area contributed by atoms with Gasteiger partial charge in [0.25, 0.3) is 5.91 Å². The number of aromatic nitrogens is 1. The predicted molar refractivity (Wildman–Crippen MR) is 138 cm³/mol. The highest BCUT2D eigenvalue weighted by Crippen LogP contribution is 2.43. The van der Waals surface area contributed by atoms with Crippen LogP contribution in [0.2, 0.25) is 0 Å². The van der Waals surface area contributed by atoms with E-state index < -0.39 is 41.5 Å². The zero-order valence-electron chi connectivity index (χ0n) is 21.3. The number of carbonyl (C=O) groups is 4. The van der Waals surface area contributed by atoms with Gasteiger partial charge in [0.05, 0.1) is 5.41 Å². The lowest BCUT2D eigenvalue weighted by molar-refractivity contribution is -0.178. The molecule has 12 nitrogen and oxygen atoms in total. The summed E-state index contributed by atoms with van der Waals surface area (Å²) in [5.41, 5.74) is 3.95. The van der Waals surface area contributed by atoms with Crippen molar-refractivity contribution in [2.45, 2.75) is 45.5 Å². The fourth-order valence-corrected chi connectivity index (χ4v) is 5.69. The van der Waals surface area contributed by atoms with Crippen LogP contribution in [-0.2, 0) is 33.5 Å². The van der Waals surface area contributed by atoms with Crippen molar-refractivity contribution in [3.05, 3.63) is 23.2 Å². The average molecular weight is 554 g/mol. The number of allylic oxidation sites excluding steroid dienone is 1. The van der Waals surface area contributed by atoms with Crippen LogP contribution in [0.4, 0.5) is 5.13 Å². The Morgan fingerprint density at radius 2 is 2.08 bits per heavy atom. The fourth-order valence-electron chi connectivity index (χ4n) is 3.63. The van der Waals surface area contributed by atoms with Crippen molar-refractivity contribution in [2.75, 3.05) is 31.9 Å². The molecule has 0 aromatic carbocycles. The van der Waals surface area contributed by atoms with Crippen LogP contribution in [0.1, 0.15) is 39.8 Å². The van der Waals surface area contributed by atoms with Gasteiger partial charge in [-0.2, -0.15) is 0 Å². The monoisotopic (exact) mass is 553 g/mol. The molecule has 2 aliphatic heterocycles. The van der Waals surface area contributed by atoms with Crippen LogP contribution >= 0.6 is 23.1 Å². The molecule has 0 saturated carbocycles. The van der Waals surface area contributed by atoms with Crippen molar-refractivity contribution in [3.8, 4) is 0 Å². The molecule has 1 aromatic heterocycles. The lowest BCUT2D eigenvalue weighted by atomic mass is 9.86. The van der Waals surface area contributed by atoms with E-state index in [0.29, 0.717) is 12.2 Å². The molecule has 2 fully saturated rings. The van der Waals surface area contributed by atoms with Crippen LogP contribution in [-0.4, -0.2) is 77.0 Å². The number of thioether (sulfide) groups is 1. The number of amides is 2. The molecule has 3 atom stereocenters. The highest BCUT2D eigenvalue weighted by molar-refractivity contribution is 8.00. The number of anilines is 1. The molecule has 14 heteroatoms. The molecule has 3 N–H and O–H groups in total. The normalized spacial score (nSPS) is 23.8. The number of hydrogen-bond acceptors (Lipinski definition) is 12. The van der Waals surface area contributed by atoms with Crippen molar-refractivity contribution < 1.29 is 33.5 Å². The Kier molecular flexibility index (Phi) is 8.84. The van der Waals surface area contributed by atoms with E-state index in [0.717, 1.165) is 11.3 Å². The molecular weight excluding hydrogens is 522 g/mol. The number of fused-ring (bicyclic) bond motifs is 1. The predicted octanol–water partition coefficient (Wildman–Crippen LogP) is 1.52. The van der Waals surface area contributed by atoms with Gasteiger partial charge < -0.3 is 30.3 Å². The number of thiazole rings is 1. The number of β-lactam (4-membered cyclic amide) rings is 1. The Hall–Kier alpha value is -3.13. The van der Waals surface area contributed by atoms with E-state index >= 15 is 0 Å². The third-order valence-corrected chi connectivity index (χ3v) is 7.85. The maximum Gasteiger partial charge on any atom is 0.321 e. The van der Waals surface area contributed by atoms with Crippen molar-refractivity contribution in [3.63, 3.8) is 0 Å². The van der Waals surface area contributed by atoms with E-state index in [1.807, 2.05) is 13.0 Å². The maximum atomic E-state index is 13.1. The maximum absolute atomic E-state index is 13.1. The topological polar surface area (TPSA) is 163 Å². The SMILES string of the molecule is CCC=CC1(C(=O)OCOC(=O)C(C)(C)C)CS[C@@H]2C(NC(=O)C(=NOC)c3csc(N)n3)C(=O)N2C1. The highest BCUT2D eigenvalue weighted by atomic mass is 32.2. The lowest BCUT2D eigenvalue weighted by Gasteiger charge is -2.53. The first-order chi connectivity index (χ1) is 17.4. The molecule has 202 valence electrons. The first kappa shape index (κ1) is 28.4. The minimum absolute atomic E-state index is 0.0695. The molecule has 3 heterocycles. The van der Waals surface area contributed by atoms with Gasteiger partial charge in [0.15, 0.2) is 10.8 Å². The summed E-state index contributed by atoms with van der Waals surface area (Å²) in [4.78, 5) is 61.3. The van der Waals surface area contributed by atoms with E-state index in [9.17, 15) is 19.2 Å². The minimum atomic E-state index is -1.11. The summed E-state index contributed by atoms with van der Waals surface area (Å²) in [6, 6.07) is -0.813. The van der Waals surface area contributed by atoms with Gasteiger partial charge in [-0.1, -0.05) is 24.2 Å². The molecule has 2 aliphatic rings. The van der Waals surface area contributed by atoms with Gasteiger partial charge in [0, 0.05) is 17.7 Å². The smallest absolute Gasteiger partial charge is 0.321 e. The van der Waals surface area contributed by atoms with Crippen molar-refractivity contribution in [2.24, 2.45) is 16.0 Å². The second-order valence-corrected chi connectivity index (χ2v) is 11.5. The number of oxime groups is 1. The van der Waals surface area contributed by atoms with Crippen LogP contribution in [0.25, 0.3) is 0 Å². The Morgan fingerprint density at radius 3 is 2.68 bits per heavy atom. The molecule has 1 aromatic rings. The first-order valence-electron chi connectivity index (χ1n) is 11.5. The Morgan fingerprint density at radius 1 is 1.35 bits per heavy atom. The lowest BCUT2D eigenvalue weighted by Crippen LogP contribution is -2.74. The third-order valence-electron chi connectivity index (χ3n) is 5.63. The number of esters is 2. The second kappa shape index (κ2) is 11.5. The van der Waals surface area contributed by atoms with Crippen LogP contribution in [0.5, 0.6) is 0 Å². The number of nitrogens with zero attached hydrogens (tertiary/aromatic N) is 3. The third kappa shape index (κ3) is 6.24. The molecule has 2 saturated heterocycles. The van der Waals surface area contributed by atoms with Gasteiger partial charge in [-0.25, -0.2) is 4.98 Å². The number of nitrogens with two attached hydrogens (primary N) is 1. The molecular formula is C23H31N5O7S2. The van der Waals surface area contributed by atoms with Crippen molar-refractivity contribution >= 4 is 57.7 Å². The standard InChI is InChI=1S/C23H31N5O7S2/c1-6-7-8-23(20(32)35-12-34-19(31)22(2,3)4)10-28-17(30)15(18(28)37-11-23)26-16(29)14(27-33-5)13-9-36-21(24)25-13/h7-9,15,18H,6,10-12H2,1-5H3,(H2,24,25)(H,26,29)/t15?,18-,23?/m1/s1. The quantitative estimate of drug-likeness (QED) is 0.114. The first-order valence-corrected chi connectivity index (χ1v) is 13.4. The highest BCUT2D eigenvalue weighted by Gasteiger charge is 2.57. The number of ether oxygens (including phenoxy) is 2.